The van der Waals surface area contributed by atoms with E-state index in [4.69, 9.17) is 0 Å². The Morgan fingerprint density at radius 1 is 1.24 bits per heavy atom. The summed E-state index contributed by atoms with van der Waals surface area (Å²) < 4.78 is 2.46. The van der Waals surface area contributed by atoms with Crippen molar-refractivity contribution in [3.63, 3.8) is 0 Å². The van der Waals surface area contributed by atoms with Crippen LogP contribution in [0, 0.1) is 6.92 Å². The van der Waals surface area contributed by atoms with E-state index < -0.39 is 5.91 Å². The third-order valence-electron chi connectivity index (χ3n) is 3.86. The van der Waals surface area contributed by atoms with Crippen molar-refractivity contribution in [1.29, 1.82) is 0 Å². The van der Waals surface area contributed by atoms with Gasteiger partial charge in [0.15, 0.2) is 5.69 Å². The van der Waals surface area contributed by atoms with Crippen LogP contribution in [0.1, 0.15) is 5.56 Å². The van der Waals surface area contributed by atoms with Crippen LogP contribution in [0.3, 0.4) is 0 Å². The highest BCUT2D eigenvalue weighted by Crippen LogP contribution is 2.39. The van der Waals surface area contributed by atoms with Crippen molar-refractivity contribution in [2.24, 2.45) is 17.3 Å². The van der Waals surface area contributed by atoms with Crippen molar-refractivity contribution < 1.29 is 9.90 Å². The van der Waals surface area contributed by atoms with Crippen LogP contribution in [0.15, 0.2) is 57.2 Å². The van der Waals surface area contributed by atoms with Gasteiger partial charge in [0.1, 0.15) is 0 Å². The van der Waals surface area contributed by atoms with E-state index in [1.165, 1.54) is 0 Å². The molecule has 1 heterocycles. The van der Waals surface area contributed by atoms with Crippen LogP contribution in [-0.4, -0.2) is 22.1 Å². The molecule has 0 radical (unpaired) electrons. The number of carbonyl (C=O) groups is 1. The second-order valence-corrected chi connectivity index (χ2v) is 6.62. The van der Waals surface area contributed by atoms with Gasteiger partial charge < -0.3 is 15.0 Å². The Morgan fingerprint density at radius 3 is 2.68 bits per heavy atom. The SMILES string of the molecule is Cc1ccc(NCC(=O)N=Nc2c(O)n(C)c3ccc(Br)cc23)cc1. The highest BCUT2D eigenvalue weighted by Gasteiger charge is 2.15. The lowest BCUT2D eigenvalue weighted by atomic mass is 10.2. The van der Waals surface area contributed by atoms with E-state index in [9.17, 15) is 9.90 Å². The molecular formula is C18H17BrN4O2. The summed E-state index contributed by atoms with van der Waals surface area (Å²) in [6.07, 6.45) is 0. The molecular weight excluding hydrogens is 384 g/mol. The summed E-state index contributed by atoms with van der Waals surface area (Å²) in [6.45, 7) is 2.03. The van der Waals surface area contributed by atoms with Crippen molar-refractivity contribution in [2.75, 3.05) is 11.9 Å². The number of nitrogens with zero attached hydrogens (tertiary/aromatic N) is 3. The van der Waals surface area contributed by atoms with E-state index in [0.29, 0.717) is 0 Å². The number of aromatic nitrogens is 1. The summed E-state index contributed by atoms with van der Waals surface area (Å²) in [6, 6.07) is 13.3. The molecule has 0 fully saturated rings. The van der Waals surface area contributed by atoms with E-state index >= 15 is 0 Å². The number of aryl methyl sites for hydroxylation is 2. The number of rotatable bonds is 4. The minimum absolute atomic E-state index is 0.0295. The molecule has 2 aromatic carbocycles. The molecule has 0 saturated carbocycles. The number of nitrogens with one attached hydrogen (secondary N) is 1. The van der Waals surface area contributed by atoms with E-state index in [-0.39, 0.29) is 18.1 Å². The normalized spacial score (nSPS) is 11.3. The number of azo groups is 1. The zero-order valence-electron chi connectivity index (χ0n) is 13.8. The summed E-state index contributed by atoms with van der Waals surface area (Å²) in [5.74, 6) is -0.455. The molecule has 2 N–H and O–H groups in total. The number of benzene rings is 2. The van der Waals surface area contributed by atoms with Crippen LogP contribution in [0.25, 0.3) is 10.9 Å². The predicted octanol–water partition coefficient (Wildman–Crippen LogP) is 4.68. The first kappa shape index (κ1) is 17.2. The first-order chi connectivity index (χ1) is 12.0. The molecule has 1 amide bonds. The molecule has 0 spiro atoms. The van der Waals surface area contributed by atoms with Crippen molar-refractivity contribution in [1.82, 2.24) is 4.57 Å². The molecule has 0 saturated heterocycles. The minimum Gasteiger partial charge on any atom is -0.493 e. The lowest BCUT2D eigenvalue weighted by molar-refractivity contribution is -0.116. The third-order valence-corrected chi connectivity index (χ3v) is 4.35. The first-order valence-corrected chi connectivity index (χ1v) is 8.47. The Kier molecular flexibility index (Phi) is 4.85. The molecule has 0 atom stereocenters. The average molecular weight is 401 g/mol. The van der Waals surface area contributed by atoms with E-state index in [2.05, 4.69) is 31.5 Å². The Hall–Kier alpha value is -2.67. The lowest BCUT2D eigenvalue weighted by Crippen LogP contribution is -2.10. The topological polar surface area (TPSA) is 79.0 Å². The van der Waals surface area contributed by atoms with Crippen molar-refractivity contribution >= 4 is 44.1 Å². The van der Waals surface area contributed by atoms with E-state index in [1.807, 2.05) is 49.4 Å². The Balaban J connectivity index is 1.76. The fraction of sp³-hybridized carbons (Fsp3) is 0.167. The van der Waals surface area contributed by atoms with Crippen LogP contribution in [0.2, 0.25) is 0 Å². The number of hydrogen-bond donors (Lipinski definition) is 2. The van der Waals surface area contributed by atoms with E-state index in [0.717, 1.165) is 26.6 Å². The molecule has 3 aromatic rings. The van der Waals surface area contributed by atoms with Gasteiger partial charge in [-0.2, -0.15) is 0 Å². The van der Waals surface area contributed by atoms with Gasteiger partial charge in [0.05, 0.1) is 12.1 Å². The van der Waals surface area contributed by atoms with Gasteiger partial charge in [0.2, 0.25) is 5.88 Å². The summed E-state index contributed by atoms with van der Waals surface area (Å²) in [7, 11) is 1.73. The van der Waals surface area contributed by atoms with Crippen molar-refractivity contribution in [3.05, 3.63) is 52.5 Å². The molecule has 128 valence electrons. The fourth-order valence-corrected chi connectivity index (χ4v) is 2.83. The summed E-state index contributed by atoms with van der Waals surface area (Å²) in [5.41, 5.74) is 3.07. The second kappa shape index (κ2) is 7.06. The van der Waals surface area contributed by atoms with Crippen LogP contribution in [-0.2, 0) is 11.8 Å². The summed E-state index contributed by atoms with van der Waals surface area (Å²) in [5, 5.41) is 21.6. The second-order valence-electron chi connectivity index (χ2n) is 5.71. The minimum atomic E-state index is -0.424. The Morgan fingerprint density at radius 2 is 1.96 bits per heavy atom. The van der Waals surface area contributed by atoms with Crippen LogP contribution in [0.5, 0.6) is 5.88 Å². The number of amides is 1. The molecule has 0 aliphatic carbocycles. The third kappa shape index (κ3) is 3.71. The number of fused-ring (bicyclic) bond motifs is 1. The monoisotopic (exact) mass is 400 g/mol. The smallest absolute Gasteiger partial charge is 0.283 e. The number of aromatic hydroxyl groups is 1. The van der Waals surface area contributed by atoms with Crippen LogP contribution in [0.4, 0.5) is 11.4 Å². The van der Waals surface area contributed by atoms with Crippen LogP contribution < -0.4 is 5.32 Å². The average Bonchev–Trinajstić information content (AvgIpc) is 2.83. The summed E-state index contributed by atoms with van der Waals surface area (Å²) >= 11 is 3.40. The standard InChI is InChI=1S/C18H17BrN4O2/c1-11-3-6-13(7-4-11)20-10-16(24)21-22-17-14-9-12(19)5-8-15(14)23(2)18(17)25/h3-9,20,25H,10H2,1-2H3. The highest BCUT2D eigenvalue weighted by molar-refractivity contribution is 9.10. The quantitative estimate of drug-likeness (QED) is 0.624. The molecule has 0 aliphatic heterocycles. The van der Waals surface area contributed by atoms with Gasteiger partial charge in [-0.1, -0.05) is 33.6 Å². The zero-order chi connectivity index (χ0) is 18.0. The Bertz CT molecular complexity index is 961. The number of carbonyl (C=O) groups excluding carboxylic acids is 1. The van der Waals surface area contributed by atoms with E-state index in [1.54, 1.807) is 11.6 Å². The van der Waals surface area contributed by atoms with Gasteiger partial charge in [-0.25, -0.2) is 0 Å². The number of halogens is 1. The van der Waals surface area contributed by atoms with Crippen LogP contribution >= 0.6 is 15.9 Å². The summed E-state index contributed by atoms with van der Waals surface area (Å²) in [4.78, 5) is 12.0. The molecule has 3 rings (SSSR count). The maximum Gasteiger partial charge on any atom is 0.283 e. The molecule has 7 heteroatoms. The number of anilines is 1. The van der Waals surface area contributed by atoms with Gasteiger partial charge in [-0.3, -0.25) is 4.79 Å². The fourth-order valence-electron chi connectivity index (χ4n) is 2.47. The largest absolute Gasteiger partial charge is 0.493 e. The lowest BCUT2D eigenvalue weighted by Gasteiger charge is -2.03. The molecule has 0 bridgehead atoms. The van der Waals surface area contributed by atoms with Gasteiger partial charge in [-0.05, 0) is 37.3 Å². The van der Waals surface area contributed by atoms with Gasteiger partial charge in [0, 0.05) is 22.6 Å². The zero-order valence-corrected chi connectivity index (χ0v) is 15.4. The van der Waals surface area contributed by atoms with Gasteiger partial charge in [0.25, 0.3) is 5.91 Å². The molecule has 1 aromatic heterocycles. The molecule has 0 unspecified atom stereocenters. The Labute approximate surface area is 153 Å². The molecule has 0 aliphatic rings. The maximum absolute atomic E-state index is 12.0. The first-order valence-electron chi connectivity index (χ1n) is 7.67. The van der Waals surface area contributed by atoms with Crippen molar-refractivity contribution in [2.45, 2.75) is 6.92 Å². The predicted molar refractivity (Wildman–Crippen MR) is 101 cm³/mol. The van der Waals surface area contributed by atoms with Gasteiger partial charge >= 0.3 is 0 Å². The van der Waals surface area contributed by atoms with Gasteiger partial charge in [-0.15, -0.1) is 10.2 Å². The molecule has 6 nitrogen and oxygen atoms in total. The van der Waals surface area contributed by atoms with Crippen molar-refractivity contribution in [3.8, 4) is 5.88 Å². The number of hydrogen-bond acceptors (Lipinski definition) is 4. The maximum atomic E-state index is 12.0. The molecule has 25 heavy (non-hydrogen) atoms. The highest BCUT2D eigenvalue weighted by atomic mass is 79.9.